The molecule has 0 aliphatic carbocycles. The van der Waals surface area contributed by atoms with E-state index in [1.807, 2.05) is 0 Å². The number of aliphatic hydroxyl groups is 1. The van der Waals surface area contributed by atoms with Crippen molar-refractivity contribution in [2.24, 2.45) is 5.14 Å². The van der Waals surface area contributed by atoms with Crippen LogP contribution in [0, 0.1) is 5.82 Å². The fourth-order valence-corrected chi connectivity index (χ4v) is 1.96. The Morgan fingerprint density at radius 2 is 2.12 bits per heavy atom. The van der Waals surface area contributed by atoms with Crippen LogP contribution >= 0.6 is 0 Å². The Balaban J connectivity index is 3.16. The summed E-state index contributed by atoms with van der Waals surface area (Å²) in [6.45, 7) is 2.53. The van der Waals surface area contributed by atoms with Crippen LogP contribution in [-0.4, -0.2) is 23.8 Å². The van der Waals surface area contributed by atoms with Crippen molar-refractivity contribution >= 4 is 10.0 Å². The van der Waals surface area contributed by atoms with Gasteiger partial charge in [0.1, 0.15) is 16.7 Å². The van der Waals surface area contributed by atoms with Crippen molar-refractivity contribution < 1.29 is 17.9 Å². The lowest BCUT2D eigenvalue weighted by molar-refractivity contribution is 0.0518. The Morgan fingerprint density at radius 3 is 2.50 bits per heavy atom. The quantitative estimate of drug-likeness (QED) is 0.793. The molecule has 5 nitrogen and oxygen atoms in total. The summed E-state index contributed by atoms with van der Waals surface area (Å²) in [5.74, 6) is -0.567. The van der Waals surface area contributed by atoms with Gasteiger partial charge in [-0.2, -0.15) is 0 Å². The van der Waals surface area contributed by atoms with Crippen LogP contribution < -0.4 is 5.14 Å². The minimum atomic E-state index is -3.90. The maximum atomic E-state index is 12.6. The molecule has 1 aromatic rings. The third-order valence-electron chi connectivity index (χ3n) is 2.53. The van der Waals surface area contributed by atoms with Gasteiger partial charge in [-0.05, 0) is 26.0 Å². The largest absolute Gasteiger partial charge is 0.382 e. The molecule has 0 aromatic carbocycles. The van der Waals surface area contributed by atoms with Crippen molar-refractivity contribution in [1.82, 2.24) is 4.98 Å². The normalized spacial score (nSPS) is 17.8. The minimum absolute atomic E-state index is 0.0513. The van der Waals surface area contributed by atoms with Gasteiger partial charge in [-0.15, -0.1) is 0 Å². The molecule has 0 radical (unpaired) electrons. The standard InChI is InChI=1S/C9H13FN2O3S/c1-6(16(11,14)15)9(2,13)8-4-3-7(10)5-12-8/h3-6,13H,1-2H3,(H2,11,14,15). The first kappa shape index (κ1) is 13.0. The molecular formula is C9H13FN2O3S. The molecule has 0 aliphatic rings. The van der Waals surface area contributed by atoms with E-state index in [1.54, 1.807) is 0 Å². The van der Waals surface area contributed by atoms with Gasteiger partial charge in [0, 0.05) is 0 Å². The zero-order valence-electron chi connectivity index (χ0n) is 8.88. The van der Waals surface area contributed by atoms with Crippen LogP contribution in [0.3, 0.4) is 0 Å². The second-order valence-corrected chi connectivity index (χ2v) is 5.63. The third kappa shape index (κ3) is 2.55. The summed E-state index contributed by atoms with van der Waals surface area (Å²) in [6, 6.07) is 2.31. The highest BCUT2D eigenvalue weighted by molar-refractivity contribution is 7.89. The lowest BCUT2D eigenvalue weighted by Crippen LogP contribution is -2.43. The predicted octanol–water partition coefficient (Wildman–Crippen LogP) is 0.105. The van der Waals surface area contributed by atoms with Gasteiger partial charge in [0.15, 0.2) is 0 Å². The molecule has 1 heterocycles. The van der Waals surface area contributed by atoms with Gasteiger partial charge in [-0.1, -0.05) is 0 Å². The van der Waals surface area contributed by atoms with Crippen molar-refractivity contribution in [2.75, 3.05) is 0 Å². The highest BCUT2D eigenvalue weighted by atomic mass is 32.2. The first-order valence-electron chi connectivity index (χ1n) is 4.51. The number of hydrogen-bond acceptors (Lipinski definition) is 4. The topological polar surface area (TPSA) is 93.3 Å². The molecule has 0 saturated heterocycles. The molecule has 1 aromatic heterocycles. The molecular weight excluding hydrogens is 235 g/mol. The van der Waals surface area contributed by atoms with Gasteiger partial charge in [-0.25, -0.2) is 17.9 Å². The van der Waals surface area contributed by atoms with Crippen LogP contribution in [-0.2, 0) is 15.6 Å². The summed E-state index contributed by atoms with van der Waals surface area (Å²) in [7, 11) is -3.90. The van der Waals surface area contributed by atoms with Crippen LogP contribution in [0.2, 0.25) is 0 Å². The number of rotatable bonds is 3. The summed E-state index contributed by atoms with van der Waals surface area (Å²) in [4.78, 5) is 3.64. The molecule has 16 heavy (non-hydrogen) atoms. The highest BCUT2D eigenvalue weighted by Gasteiger charge is 2.38. The van der Waals surface area contributed by atoms with Crippen LogP contribution in [0.15, 0.2) is 18.3 Å². The van der Waals surface area contributed by atoms with Crippen LogP contribution in [0.1, 0.15) is 19.5 Å². The molecule has 0 bridgehead atoms. The fourth-order valence-electron chi connectivity index (χ4n) is 1.20. The molecule has 0 fully saturated rings. The van der Waals surface area contributed by atoms with Gasteiger partial charge in [0.05, 0.1) is 11.9 Å². The molecule has 0 amide bonds. The number of sulfonamides is 1. The van der Waals surface area contributed by atoms with E-state index in [2.05, 4.69) is 4.98 Å². The van der Waals surface area contributed by atoms with Gasteiger partial charge >= 0.3 is 0 Å². The molecule has 2 atom stereocenters. The Labute approximate surface area is 93.2 Å². The van der Waals surface area contributed by atoms with Crippen LogP contribution in [0.4, 0.5) is 4.39 Å². The first-order valence-corrected chi connectivity index (χ1v) is 6.12. The lowest BCUT2D eigenvalue weighted by atomic mass is 9.98. The van der Waals surface area contributed by atoms with Crippen molar-refractivity contribution in [3.8, 4) is 0 Å². The Kier molecular flexibility index (Phi) is 3.32. The molecule has 3 N–H and O–H groups in total. The highest BCUT2D eigenvalue weighted by Crippen LogP contribution is 2.26. The van der Waals surface area contributed by atoms with Gasteiger partial charge < -0.3 is 5.11 Å². The van der Waals surface area contributed by atoms with Crippen molar-refractivity contribution in [2.45, 2.75) is 24.7 Å². The molecule has 0 aliphatic heterocycles. The predicted molar refractivity (Wildman–Crippen MR) is 56.3 cm³/mol. The van der Waals surface area contributed by atoms with E-state index in [0.717, 1.165) is 12.3 Å². The second kappa shape index (κ2) is 4.08. The second-order valence-electron chi connectivity index (χ2n) is 3.74. The van der Waals surface area contributed by atoms with E-state index in [1.165, 1.54) is 19.9 Å². The van der Waals surface area contributed by atoms with Crippen molar-refractivity contribution in [3.63, 3.8) is 0 Å². The average molecular weight is 248 g/mol. The minimum Gasteiger partial charge on any atom is -0.382 e. The monoisotopic (exact) mass is 248 g/mol. The zero-order valence-corrected chi connectivity index (χ0v) is 9.70. The molecule has 0 saturated carbocycles. The maximum absolute atomic E-state index is 12.6. The molecule has 1 rings (SSSR count). The number of pyridine rings is 1. The van der Waals surface area contributed by atoms with Gasteiger partial charge in [-0.3, -0.25) is 4.98 Å². The van der Waals surface area contributed by atoms with E-state index >= 15 is 0 Å². The SMILES string of the molecule is CC(C(C)(O)c1ccc(F)cn1)S(N)(=O)=O. The number of nitrogens with zero attached hydrogens (tertiary/aromatic N) is 1. The van der Waals surface area contributed by atoms with Crippen molar-refractivity contribution in [3.05, 3.63) is 29.8 Å². The molecule has 90 valence electrons. The summed E-state index contributed by atoms with van der Waals surface area (Å²) in [5, 5.41) is 13.7. The Hall–Kier alpha value is -1.05. The van der Waals surface area contributed by atoms with E-state index in [9.17, 15) is 17.9 Å². The smallest absolute Gasteiger partial charge is 0.214 e. The summed E-state index contributed by atoms with van der Waals surface area (Å²) in [6.07, 6.45) is 0.902. The van der Waals surface area contributed by atoms with Crippen LogP contribution in [0.5, 0.6) is 0 Å². The number of aromatic nitrogens is 1. The van der Waals surface area contributed by atoms with Crippen molar-refractivity contribution in [1.29, 1.82) is 0 Å². The van der Waals surface area contributed by atoms with E-state index in [0.29, 0.717) is 0 Å². The third-order valence-corrected chi connectivity index (χ3v) is 3.97. The summed E-state index contributed by atoms with van der Waals surface area (Å²) >= 11 is 0. The average Bonchev–Trinajstić information content (AvgIpc) is 2.16. The Bertz CT molecular complexity index is 470. The van der Waals surface area contributed by atoms with E-state index in [4.69, 9.17) is 5.14 Å². The number of hydrogen-bond donors (Lipinski definition) is 2. The zero-order chi connectivity index (χ0) is 12.6. The van der Waals surface area contributed by atoms with Gasteiger partial charge in [0.2, 0.25) is 10.0 Å². The number of halogens is 1. The van der Waals surface area contributed by atoms with Gasteiger partial charge in [0.25, 0.3) is 0 Å². The fraction of sp³-hybridized carbons (Fsp3) is 0.444. The molecule has 0 spiro atoms. The van der Waals surface area contributed by atoms with E-state index in [-0.39, 0.29) is 5.69 Å². The first-order chi connectivity index (χ1) is 7.15. The molecule has 7 heteroatoms. The lowest BCUT2D eigenvalue weighted by Gasteiger charge is -2.27. The van der Waals surface area contributed by atoms with Crippen LogP contribution in [0.25, 0.3) is 0 Å². The number of nitrogens with two attached hydrogens (primary N) is 1. The summed E-state index contributed by atoms with van der Waals surface area (Å²) in [5.41, 5.74) is -1.71. The Morgan fingerprint density at radius 1 is 1.56 bits per heavy atom. The number of primary sulfonamides is 1. The van der Waals surface area contributed by atoms with E-state index < -0.39 is 26.7 Å². The molecule has 2 unspecified atom stereocenters. The maximum Gasteiger partial charge on any atom is 0.214 e. The summed E-state index contributed by atoms with van der Waals surface area (Å²) < 4.78 is 34.9.